The SMILES string of the molecule is O=[C]C(CC(=O)N1CCOCC1)Cc1cccc2ccccc12. The molecule has 0 aromatic heterocycles. The molecule has 2 aromatic carbocycles. The summed E-state index contributed by atoms with van der Waals surface area (Å²) in [6.45, 7) is 2.37. The lowest BCUT2D eigenvalue weighted by Crippen LogP contribution is -2.41. The van der Waals surface area contributed by atoms with E-state index in [0.29, 0.717) is 32.7 Å². The Bertz CT molecular complexity index is 687. The molecule has 1 aliphatic rings. The van der Waals surface area contributed by atoms with Crippen LogP contribution in [0.1, 0.15) is 12.0 Å². The average molecular weight is 310 g/mol. The van der Waals surface area contributed by atoms with E-state index >= 15 is 0 Å². The van der Waals surface area contributed by atoms with Crippen LogP contribution in [0.5, 0.6) is 0 Å². The number of morpholine rings is 1. The Kier molecular flexibility index (Phi) is 5.03. The lowest BCUT2D eigenvalue weighted by Gasteiger charge is -2.27. The van der Waals surface area contributed by atoms with Gasteiger partial charge in [0.1, 0.15) is 0 Å². The topological polar surface area (TPSA) is 46.6 Å². The van der Waals surface area contributed by atoms with Crippen LogP contribution in [0, 0.1) is 5.92 Å². The van der Waals surface area contributed by atoms with E-state index in [1.54, 1.807) is 4.90 Å². The van der Waals surface area contributed by atoms with Crippen molar-refractivity contribution < 1.29 is 14.3 Å². The summed E-state index contributed by atoms with van der Waals surface area (Å²) in [5.41, 5.74) is 1.09. The lowest BCUT2D eigenvalue weighted by atomic mass is 9.93. The first kappa shape index (κ1) is 15.7. The molecule has 0 N–H and O–H groups in total. The van der Waals surface area contributed by atoms with Crippen LogP contribution in [-0.2, 0) is 20.7 Å². The molecule has 1 unspecified atom stereocenters. The summed E-state index contributed by atoms with van der Waals surface area (Å²) < 4.78 is 5.25. The van der Waals surface area contributed by atoms with Crippen molar-refractivity contribution in [3.63, 3.8) is 0 Å². The van der Waals surface area contributed by atoms with E-state index in [2.05, 4.69) is 24.5 Å². The highest BCUT2D eigenvalue weighted by molar-refractivity contribution is 5.86. The number of hydrogen-bond acceptors (Lipinski definition) is 3. The highest BCUT2D eigenvalue weighted by Crippen LogP contribution is 2.22. The predicted octanol–water partition coefficient (Wildman–Crippen LogP) is 2.36. The van der Waals surface area contributed by atoms with Crippen LogP contribution in [0.2, 0.25) is 0 Å². The van der Waals surface area contributed by atoms with Gasteiger partial charge in [0.25, 0.3) is 0 Å². The fourth-order valence-electron chi connectivity index (χ4n) is 3.04. The average Bonchev–Trinajstić information content (AvgIpc) is 2.62. The zero-order valence-corrected chi connectivity index (χ0v) is 13.0. The number of amides is 1. The number of carbonyl (C=O) groups excluding carboxylic acids is 2. The van der Waals surface area contributed by atoms with E-state index in [4.69, 9.17) is 4.74 Å². The smallest absolute Gasteiger partial charge is 0.223 e. The van der Waals surface area contributed by atoms with Gasteiger partial charge in [0.05, 0.1) is 13.2 Å². The summed E-state index contributed by atoms with van der Waals surface area (Å²) in [6.07, 6.45) is 2.81. The van der Waals surface area contributed by atoms with Crippen molar-refractivity contribution in [1.82, 2.24) is 4.90 Å². The second kappa shape index (κ2) is 7.38. The van der Waals surface area contributed by atoms with Crippen molar-refractivity contribution >= 4 is 23.0 Å². The summed E-state index contributed by atoms with van der Waals surface area (Å²) in [4.78, 5) is 25.4. The zero-order chi connectivity index (χ0) is 16.1. The van der Waals surface area contributed by atoms with Gasteiger partial charge in [-0.05, 0) is 22.8 Å². The van der Waals surface area contributed by atoms with Crippen molar-refractivity contribution in [3.05, 3.63) is 48.0 Å². The van der Waals surface area contributed by atoms with Gasteiger partial charge in [0.15, 0.2) is 0 Å². The maximum absolute atomic E-state index is 12.3. The third kappa shape index (κ3) is 3.77. The van der Waals surface area contributed by atoms with Gasteiger partial charge in [0.2, 0.25) is 12.2 Å². The molecule has 0 spiro atoms. The monoisotopic (exact) mass is 310 g/mol. The molecule has 1 radical (unpaired) electrons. The van der Waals surface area contributed by atoms with Gasteiger partial charge in [-0.25, -0.2) is 0 Å². The number of fused-ring (bicyclic) bond motifs is 1. The van der Waals surface area contributed by atoms with Gasteiger partial charge >= 0.3 is 0 Å². The minimum absolute atomic E-state index is 0.0156. The van der Waals surface area contributed by atoms with Gasteiger partial charge in [0, 0.05) is 25.4 Å². The van der Waals surface area contributed by atoms with Crippen LogP contribution in [0.4, 0.5) is 0 Å². The molecule has 1 heterocycles. The van der Waals surface area contributed by atoms with E-state index in [0.717, 1.165) is 16.3 Å². The maximum atomic E-state index is 12.3. The van der Waals surface area contributed by atoms with E-state index in [9.17, 15) is 9.59 Å². The predicted molar refractivity (Wildman–Crippen MR) is 88.9 cm³/mol. The minimum atomic E-state index is -0.406. The number of ether oxygens (including phenoxy) is 1. The molecule has 4 nitrogen and oxygen atoms in total. The Morgan fingerprint density at radius 1 is 1.13 bits per heavy atom. The second-order valence-corrected chi connectivity index (χ2v) is 5.85. The van der Waals surface area contributed by atoms with Gasteiger partial charge in [-0.1, -0.05) is 42.5 Å². The molecule has 1 saturated heterocycles. The van der Waals surface area contributed by atoms with Gasteiger partial charge in [-0.15, -0.1) is 0 Å². The van der Waals surface area contributed by atoms with Crippen LogP contribution in [0.25, 0.3) is 10.8 Å². The third-order valence-electron chi connectivity index (χ3n) is 4.30. The molecule has 0 aliphatic carbocycles. The number of hydrogen-bond donors (Lipinski definition) is 0. The molecule has 119 valence electrons. The molecule has 1 aliphatic heterocycles. The normalized spacial score (nSPS) is 16.3. The zero-order valence-electron chi connectivity index (χ0n) is 13.0. The van der Waals surface area contributed by atoms with Crippen LogP contribution in [0.15, 0.2) is 42.5 Å². The molecule has 4 heteroatoms. The fourth-order valence-corrected chi connectivity index (χ4v) is 3.04. The number of benzene rings is 2. The lowest BCUT2D eigenvalue weighted by molar-refractivity contribution is -0.135. The molecule has 2 aromatic rings. The number of rotatable bonds is 5. The Hall–Kier alpha value is -2.20. The Labute approximate surface area is 136 Å². The fraction of sp³-hybridized carbons (Fsp3) is 0.368. The van der Waals surface area contributed by atoms with E-state index < -0.39 is 5.92 Å². The Balaban J connectivity index is 1.71. The van der Waals surface area contributed by atoms with E-state index in [-0.39, 0.29) is 12.3 Å². The van der Waals surface area contributed by atoms with Gasteiger partial charge < -0.3 is 9.64 Å². The highest BCUT2D eigenvalue weighted by atomic mass is 16.5. The van der Waals surface area contributed by atoms with Crippen LogP contribution in [-0.4, -0.2) is 43.4 Å². The number of carbonyl (C=O) groups is 1. The molecule has 23 heavy (non-hydrogen) atoms. The van der Waals surface area contributed by atoms with Crippen LogP contribution < -0.4 is 0 Å². The molecular formula is C19H20NO3. The number of nitrogens with zero attached hydrogens (tertiary/aromatic N) is 1. The van der Waals surface area contributed by atoms with Gasteiger partial charge in [-0.2, -0.15) is 0 Å². The molecule has 3 rings (SSSR count). The molecule has 1 amide bonds. The summed E-state index contributed by atoms with van der Waals surface area (Å²) in [7, 11) is 0. The summed E-state index contributed by atoms with van der Waals surface area (Å²) in [5, 5.41) is 2.28. The third-order valence-corrected chi connectivity index (χ3v) is 4.30. The highest BCUT2D eigenvalue weighted by Gasteiger charge is 2.22. The van der Waals surface area contributed by atoms with Crippen molar-refractivity contribution in [2.24, 2.45) is 5.92 Å². The summed E-state index contributed by atoms with van der Waals surface area (Å²) >= 11 is 0. The Morgan fingerprint density at radius 3 is 2.65 bits per heavy atom. The van der Waals surface area contributed by atoms with Crippen LogP contribution >= 0.6 is 0 Å². The van der Waals surface area contributed by atoms with Crippen molar-refractivity contribution in [3.8, 4) is 0 Å². The molecule has 0 saturated carbocycles. The standard InChI is InChI=1S/C19H20NO3/c21-14-15(13-19(22)20-8-10-23-11-9-20)12-17-6-3-5-16-4-1-2-7-18(16)17/h1-7,15H,8-13H2. The largest absolute Gasteiger partial charge is 0.378 e. The first-order valence-electron chi connectivity index (χ1n) is 7.98. The van der Waals surface area contributed by atoms with Gasteiger partial charge in [-0.3, -0.25) is 9.59 Å². The second-order valence-electron chi connectivity index (χ2n) is 5.85. The quantitative estimate of drug-likeness (QED) is 0.852. The van der Waals surface area contributed by atoms with Crippen LogP contribution in [0.3, 0.4) is 0 Å². The van der Waals surface area contributed by atoms with E-state index in [1.807, 2.05) is 24.3 Å². The summed E-state index contributed by atoms with van der Waals surface area (Å²) in [5.74, 6) is -0.391. The first-order chi connectivity index (χ1) is 11.3. The molecule has 1 atom stereocenters. The molecule has 0 bridgehead atoms. The van der Waals surface area contributed by atoms with Crippen molar-refractivity contribution in [2.75, 3.05) is 26.3 Å². The maximum Gasteiger partial charge on any atom is 0.223 e. The van der Waals surface area contributed by atoms with Crippen molar-refractivity contribution in [1.29, 1.82) is 0 Å². The minimum Gasteiger partial charge on any atom is -0.378 e. The Morgan fingerprint density at radius 2 is 1.87 bits per heavy atom. The van der Waals surface area contributed by atoms with E-state index in [1.165, 1.54) is 0 Å². The summed E-state index contributed by atoms with van der Waals surface area (Å²) in [6, 6.07) is 14.2. The molecule has 1 fully saturated rings. The first-order valence-corrected chi connectivity index (χ1v) is 7.98. The molecular weight excluding hydrogens is 290 g/mol. The van der Waals surface area contributed by atoms with Crippen molar-refractivity contribution in [2.45, 2.75) is 12.8 Å².